The molecule has 0 saturated carbocycles. The molecule has 1 N–H and O–H groups in total. The van der Waals surface area contributed by atoms with Crippen LogP contribution in [0.1, 0.15) is 37.6 Å². The number of carbonyl (C=O) groups is 2. The average molecular weight is 350 g/mol. The largest absolute Gasteiger partial charge is 0.503 e. The van der Waals surface area contributed by atoms with Crippen molar-refractivity contribution in [2.45, 2.75) is 26.3 Å². The Balaban J connectivity index is 2.09. The lowest BCUT2D eigenvalue weighted by Crippen LogP contribution is -2.30. The Morgan fingerprint density at radius 1 is 1.31 bits per heavy atom. The van der Waals surface area contributed by atoms with Crippen LogP contribution >= 0.6 is 0 Å². The fourth-order valence-corrected chi connectivity index (χ4v) is 3.05. The van der Waals surface area contributed by atoms with Crippen molar-refractivity contribution in [2.24, 2.45) is 5.92 Å². The van der Waals surface area contributed by atoms with Gasteiger partial charge in [0.1, 0.15) is 11.8 Å². The van der Waals surface area contributed by atoms with E-state index in [0.717, 1.165) is 0 Å². The van der Waals surface area contributed by atoms with E-state index >= 15 is 0 Å². The van der Waals surface area contributed by atoms with Gasteiger partial charge in [-0.25, -0.2) is 0 Å². The van der Waals surface area contributed by atoms with Crippen molar-refractivity contribution < 1.29 is 19.1 Å². The average Bonchev–Trinajstić information content (AvgIpc) is 3.22. The number of benzene rings is 1. The van der Waals surface area contributed by atoms with E-state index in [1.165, 1.54) is 11.2 Å². The van der Waals surface area contributed by atoms with Crippen molar-refractivity contribution in [1.29, 1.82) is 5.26 Å². The number of hydrogen-bond acceptors (Lipinski definition) is 5. The van der Waals surface area contributed by atoms with Crippen LogP contribution in [-0.4, -0.2) is 16.8 Å². The van der Waals surface area contributed by atoms with Gasteiger partial charge in [-0.15, -0.1) is 0 Å². The summed E-state index contributed by atoms with van der Waals surface area (Å²) in [5, 5.41) is 19.4. The number of aliphatic hydroxyl groups is 1. The molecule has 0 saturated heterocycles. The standard InChI is InChI=1S/C20H18N2O4/c1-12(2)10-15(23)17-18(16-4-3-9-26-16)22(20(25)19(17)24)14-7-5-13(11-21)6-8-14/h3-9,12,18,24H,10H2,1-2H3. The Morgan fingerprint density at radius 2 is 2.00 bits per heavy atom. The minimum atomic E-state index is -0.836. The first-order chi connectivity index (χ1) is 12.4. The smallest absolute Gasteiger partial charge is 0.294 e. The molecule has 1 aliphatic rings. The van der Waals surface area contributed by atoms with Crippen LogP contribution in [0.15, 0.2) is 58.4 Å². The number of ketones is 1. The highest BCUT2D eigenvalue weighted by atomic mass is 16.3. The molecule has 1 aromatic carbocycles. The van der Waals surface area contributed by atoms with Crippen LogP contribution < -0.4 is 4.90 Å². The molecular formula is C20H18N2O4. The van der Waals surface area contributed by atoms with E-state index in [0.29, 0.717) is 17.0 Å². The highest BCUT2D eigenvalue weighted by molar-refractivity contribution is 6.16. The van der Waals surface area contributed by atoms with E-state index in [4.69, 9.17) is 9.68 Å². The van der Waals surface area contributed by atoms with Gasteiger partial charge in [0.15, 0.2) is 11.5 Å². The summed E-state index contributed by atoms with van der Waals surface area (Å²) >= 11 is 0. The molecule has 1 unspecified atom stereocenters. The summed E-state index contributed by atoms with van der Waals surface area (Å²) < 4.78 is 5.45. The first-order valence-corrected chi connectivity index (χ1v) is 8.27. The molecule has 26 heavy (non-hydrogen) atoms. The summed E-state index contributed by atoms with van der Waals surface area (Å²) in [7, 11) is 0. The third-order valence-corrected chi connectivity index (χ3v) is 4.19. The SMILES string of the molecule is CC(C)CC(=O)C1=C(O)C(=O)N(c2ccc(C#N)cc2)C1c1ccco1. The van der Waals surface area contributed by atoms with Crippen molar-refractivity contribution in [2.75, 3.05) is 4.90 Å². The van der Waals surface area contributed by atoms with Gasteiger partial charge < -0.3 is 9.52 Å². The molecule has 1 aliphatic heterocycles. The number of Topliss-reactive ketones (excluding diaryl/α,β-unsaturated/α-hetero) is 1. The highest BCUT2D eigenvalue weighted by Crippen LogP contribution is 2.41. The summed E-state index contributed by atoms with van der Waals surface area (Å²) in [4.78, 5) is 26.8. The van der Waals surface area contributed by atoms with Crippen molar-refractivity contribution >= 4 is 17.4 Å². The third kappa shape index (κ3) is 3.00. The van der Waals surface area contributed by atoms with Gasteiger partial charge in [-0.2, -0.15) is 5.26 Å². The number of aliphatic hydroxyl groups excluding tert-OH is 1. The number of nitriles is 1. The monoisotopic (exact) mass is 350 g/mol. The van der Waals surface area contributed by atoms with Gasteiger partial charge in [0, 0.05) is 12.1 Å². The van der Waals surface area contributed by atoms with E-state index in [1.807, 2.05) is 19.9 Å². The third-order valence-electron chi connectivity index (χ3n) is 4.19. The van der Waals surface area contributed by atoms with Crippen LogP contribution in [0.2, 0.25) is 0 Å². The molecule has 132 valence electrons. The Bertz CT molecular complexity index is 902. The van der Waals surface area contributed by atoms with E-state index in [1.54, 1.807) is 36.4 Å². The topological polar surface area (TPSA) is 94.5 Å². The molecule has 2 heterocycles. The second-order valence-electron chi connectivity index (χ2n) is 6.54. The number of anilines is 1. The molecule has 0 radical (unpaired) electrons. The highest BCUT2D eigenvalue weighted by Gasteiger charge is 2.45. The summed E-state index contributed by atoms with van der Waals surface area (Å²) in [6.45, 7) is 3.79. The summed E-state index contributed by atoms with van der Waals surface area (Å²) in [6, 6.07) is 10.9. The lowest BCUT2D eigenvalue weighted by Gasteiger charge is -2.25. The van der Waals surface area contributed by atoms with Gasteiger partial charge in [0.2, 0.25) is 0 Å². The zero-order chi connectivity index (χ0) is 18.8. The van der Waals surface area contributed by atoms with Gasteiger partial charge in [-0.05, 0) is 42.3 Å². The van der Waals surface area contributed by atoms with E-state index < -0.39 is 17.7 Å². The predicted molar refractivity (Wildman–Crippen MR) is 94.2 cm³/mol. The second kappa shape index (κ2) is 6.89. The molecule has 0 aliphatic carbocycles. The molecule has 0 bridgehead atoms. The Labute approximate surface area is 151 Å². The minimum Gasteiger partial charge on any atom is -0.503 e. The normalized spacial score (nSPS) is 17.1. The lowest BCUT2D eigenvalue weighted by atomic mass is 9.95. The number of rotatable bonds is 5. The molecule has 6 heteroatoms. The maximum absolute atomic E-state index is 12.7. The van der Waals surface area contributed by atoms with Crippen LogP contribution in [0.25, 0.3) is 0 Å². The zero-order valence-electron chi connectivity index (χ0n) is 14.5. The van der Waals surface area contributed by atoms with E-state index in [2.05, 4.69) is 0 Å². The molecule has 3 rings (SSSR count). The second-order valence-corrected chi connectivity index (χ2v) is 6.54. The van der Waals surface area contributed by atoms with E-state index in [-0.39, 0.29) is 23.7 Å². The van der Waals surface area contributed by atoms with Crippen molar-refractivity contribution in [3.05, 3.63) is 65.3 Å². The predicted octanol–water partition coefficient (Wildman–Crippen LogP) is 3.67. The Kier molecular flexibility index (Phi) is 4.63. The summed E-state index contributed by atoms with van der Waals surface area (Å²) in [5.74, 6) is -1.04. The van der Waals surface area contributed by atoms with Gasteiger partial charge in [0.25, 0.3) is 5.91 Å². The fourth-order valence-electron chi connectivity index (χ4n) is 3.05. The van der Waals surface area contributed by atoms with Gasteiger partial charge >= 0.3 is 0 Å². The quantitative estimate of drug-likeness (QED) is 0.888. The molecule has 1 amide bonds. The molecule has 0 spiro atoms. The molecule has 6 nitrogen and oxygen atoms in total. The lowest BCUT2D eigenvalue weighted by molar-refractivity contribution is -0.118. The van der Waals surface area contributed by atoms with Crippen LogP contribution in [0, 0.1) is 17.2 Å². The van der Waals surface area contributed by atoms with Gasteiger partial charge in [0.05, 0.1) is 23.5 Å². The zero-order valence-corrected chi connectivity index (χ0v) is 14.5. The van der Waals surface area contributed by atoms with Crippen molar-refractivity contribution in [3.63, 3.8) is 0 Å². The minimum absolute atomic E-state index is 0.0445. The van der Waals surface area contributed by atoms with Crippen LogP contribution in [0.5, 0.6) is 0 Å². The molecule has 1 atom stereocenters. The van der Waals surface area contributed by atoms with Crippen molar-refractivity contribution in [1.82, 2.24) is 0 Å². The summed E-state index contributed by atoms with van der Waals surface area (Å²) in [5.41, 5.74) is 0.959. The Morgan fingerprint density at radius 3 is 2.54 bits per heavy atom. The number of carbonyl (C=O) groups excluding carboxylic acids is 2. The number of nitrogens with zero attached hydrogens (tertiary/aromatic N) is 2. The molecular weight excluding hydrogens is 332 g/mol. The fraction of sp³-hybridized carbons (Fsp3) is 0.250. The van der Waals surface area contributed by atoms with Crippen LogP contribution in [-0.2, 0) is 9.59 Å². The van der Waals surface area contributed by atoms with Crippen LogP contribution in [0.4, 0.5) is 5.69 Å². The van der Waals surface area contributed by atoms with Crippen molar-refractivity contribution in [3.8, 4) is 6.07 Å². The molecule has 1 aromatic heterocycles. The first-order valence-electron chi connectivity index (χ1n) is 8.27. The van der Waals surface area contributed by atoms with Gasteiger partial charge in [-0.3, -0.25) is 14.5 Å². The van der Waals surface area contributed by atoms with Crippen LogP contribution in [0.3, 0.4) is 0 Å². The summed E-state index contributed by atoms with van der Waals surface area (Å²) in [6.07, 6.45) is 1.67. The number of furan rings is 1. The maximum Gasteiger partial charge on any atom is 0.294 e. The maximum atomic E-state index is 12.7. The Hall–Kier alpha value is -3.33. The van der Waals surface area contributed by atoms with Gasteiger partial charge in [-0.1, -0.05) is 13.8 Å². The van der Waals surface area contributed by atoms with E-state index in [9.17, 15) is 14.7 Å². The number of amides is 1. The number of hydrogen-bond donors (Lipinski definition) is 1. The molecule has 2 aromatic rings. The molecule has 0 fully saturated rings. The first kappa shape index (κ1) is 17.5.